The van der Waals surface area contributed by atoms with Gasteiger partial charge in [-0.15, -0.1) is 0 Å². The molecule has 1 aliphatic heterocycles. The molecule has 0 aromatic heterocycles. The van der Waals surface area contributed by atoms with E-state index in [1.807, 2.05) is 0 Å². The molecule has 9 atom stereocenters. The topological polar surface area (TPSA) is 35.5 Å². The van der Waals surface area contributed by atoms with E-state index in [-0.39, 0.29) is 5.97 Å². The molecule has 3 nitrogen and oxygen atoms in total. The van der Waals surface area contributed by atoms with Gasteiger partial charge in [0.1, 0.15) is 0 Å². The number of esters is 1. The lowest BCUT2D eigenvalue weighted by Crippen LogP contribution is -2.41. The Kier molecular flexibility index (Phi) is 5.03. The highest BCUT2D eigenvalue weighted by atomic mass is 16.5. The van der Waals surface area contributed by atoms with E-state index in [9.17, 15) is 4.79 Å². The van der Waals surface area contributed by atoms with Gasteiger partial charge in [-0.25, -0.2) is 0 Å². The molecule has 2 saturated carbocycles. The summed E-state index contributed by atoms with van der Waals surface area (Å²) in [5.74, 6) is 3.15. The third kappa shape index (κ3) is 2.85. The van der Waals surface area contributed by atoms with E-state index in [2.05, 4.69) is 41.5 Å². The zero-order valence-corrected chi connectivity index (χ0v) is 17.3. The molecule has 3 heteroatoms. The van der Waals surface area contributed by atoms with Crippen LogP contribution in [0.3, 0.4) is 0 Å². The molecular formula is C22H38O3. The van der Waals surface area contributed by atoms with E-state index in [1.54, 1.807) is 0 Å². The Hall–Kier alpha value is -0.570. The van der Waals surface area contributed by atoms with Crippen LogP contribution in [-0.4, -0.2) is 24.8 Å². The van der Waals surface area contributed by atoms with Crippen LogP contribution in [0.4, 0.5) is 0 Å². The maximum absolute atomic E-state index is 11.0. The van der Waals surface area contributed by atoms with Gasteiger partial charge in [0.15, 0.2) is 0 Å². The standard InChI is InChI=1S/C22H38O3/c1-13(12-24-17(5)23)8-9-18-16(4)20-19(25-18)11-21(6)14(2)10-15(3)22(20,21)7/h13-16,18-20H,8-12H2,1-7H3/t13-,14?,15?,16-,18-,19+,20+,21+,22-/m1/s1. The molecule has 0 spiro atoms. The smallest absolute Gasteiger partial charge is 0.302 e. The van der Waals surface area contributed by atoms with Gasteiger partial charge in [0.25, 0.3) is 0 Å². The number of hydrogen-bond donors (Lipinski definition) is 0. The largest absolute Gasteiger partial charge is 0.466 e. The number of ether oxygens (including phenoxy) is 2. The molecule has 144 valence electrons. The van der Waals surface area contributed by atoms with Gasteiger partial charge < -0.3 is 9.47 Å². The molecule has 3 aliphatic rings. The van der Waals surface area contributed by atoms with Gasteiger partial charge in [-0.2, -0.15) is 0 Å². The van der Waals surface area contributed by atoms with Crippen molar-refractivity contribution in [3.05, 3.63) is 0 Å². The fraction of sp³-hybridized carbons (Fsp3) is 0.955. The first-order valence-electron chi connectivity index (χ1n) is 10.4. The van der Waals surface area contributed by atoms with Crippen LogP contribution in [0.15, 0.2) is 0 Å². The summed E-state index contributed by atoms with van der Waals surface area (Å²) in [4.78, 5) is 11.0. The van der Waals surface area contributed by atoms with Crippen molar-refractivity contribution in [1.82, 2.24) is 0 Å². The molecule has 0 radical (unpaired) electrons. The number of carbonyl (C=O) groups excluding carboxylic acids is 1. The van der Waals surface area contributed by atoms with Crippen LogP contribution in [0.2, 0.25) is 0 Å². The molecule has 0 aromatic carbocycles. The average molecular weight is 351 g/mol. The summed E-state index contributed by atoms with van der Waals surface area (Å²) in [5, 5.41) is 0. The molecule has 1 saturated heterocycles. The van der Waals surface area contributed by atoms with Crippen molar-refractivity contribution >= 4 is 5.97 Å². The third-order valence-corrected chi connectivity index (χ3v) is 8.78. The maximum Gasteiger partial charge on any atom is 0.302 e. The van der Waals surface area contributed by atoms with Gasteiger partial charge >= 0.3 is 5.97 Å². The Morgan fingerprint density at radius 1 is 1.24 bits per heavy atom. The first-order chi connectivity index (χ1) is 11.6. The van der Waals surface area contributed by atoms with Gasteiger partial charge in [-0.3, -0.25) is 4.79 Å². The number of carbonyl (C=O) groups is 1. The van der Waals surface area contributed by atoms with Crippen molar-refractivity contribution in [2.45, 2.75) is 86.4 Å². The summed E-state index contributed by atoms with van der Waals surface area (Å²) in [6, 6.07) is 0. The van der Waals surface area contributed by atoms with E-state index >= 15 is 0 Å². The molecule has 25 heavy (non-hydrogen) atoms. The number of rotatable bonds is 5. The Balaban J connectivity index is 1.64. The predicted octanol–water partition coefficient (Wildman–Crippen LogP) is 5.08. The van der Waals surface area contributed by atoms with Crippen LogP contribution in [0.25, 0.3) is 0 Å². The lowest BCUT2D eigenvalue weighted by atomic mass is 9.59. The number of hydrogen-bond acceptors (Lipinski definition) is 3. The molecule has 2 unspecified atom stereocenters. The van der Waals surface area contributed by atoms with Crippen LogP contribution in [0, 0.1) is 40.4 Å². The molecule has 0 N–H and O–H groups in total. The second-order valence-electron chi connectivity index (χ2n) is 10.0. The quantitative estimate of drug-likeness (QED) is 0.649. The highest BCUT2D eigenvalue weighted by molar-refractivity contribution is 5.65. The monoisotopic (exact) mass is 350 g/mol. The van der Waals surface area contributed by atoms with E-state index in [1.165, 1.54) is 19.8 Å². The molecule has 0 aromatic rings. The Morgan fingerprint density at radius 2 is 1.92 bits per heavy atom. The van der Waals surface area contributed by atoms with Crippen LogP contribution in [-0.2, 0) is 14.3 Å². The summed E-state index contributed by atoms with van der Waals surface area (Å²) >= 11 is 0. The number of fused-ring (bicyclic) bond motifs is 3. The summed E-state index contributed by atoms with van der Waals surface area (Å²) in [7, 11) is 0. The molecule has 2 aliphatic carbocycles. The maximum atomic E-state index is 11.0. The zero-order chi connectivity index (χ0) is 18.6. The highest BCUT2D eigenvalue weighted by Gasteiger charge is 2.70. The fourth-order valence-electron chi connectivity index (χ4n) is 6.91. The summed E-state index contributed by atoms with van der Waals surface area (Å²) in [6.45, 7) is 16.7. The van der Waals surface area contributed by atoms with Gasteiger partial charge in [0.05, 0.1) is 18.8 Å². The van der Waals surface area contributed by atoms with Crippen LogP contribution in [0.5, 0.6) is 0 Å². The summed E-state index contributed by atoms with van der Waals surface area (Å²) in [5.41, 5.74) is 0.845. The van der Waals surface area contributed by atoms with Crippen LogP contribution in [0.1, 0.15) is 74.1 Å². The minimum atomic E-state index is -0.177. The molecular weight excluding hydrogens is 312 g/mol. The second kappa shape index (κ2) is 6.55. The van der Waals surface area contributed by atoms with Crippen molar-refractivity contribution in [1.29, 1.82) is 0 Å². The van der Waals surface area contributed by atoms with Crippen molar-refractivity contribution in [3.8, 4) is 0 Å². The lowest BCUT2D eigenvalue weighted by Gasteiger charge is -2.45. The van der Waals surface area contributed by atoms with Crippen LogP contribution >= 0.6 is 0 Å². The normalized spacial score (nSPS) is 49.7. The average Bonchev–Trinajstić information content (AvgIpc) is 3.02. The zero-order valence-electron chi connectivity index (χ0n) is 17.3. The lowest BCUT2D eigenvalue weighted by molar-refractivity contribution is -0.142. The van der Waals surface area contributed by atoms with Gasteiger partial charge in [-0.1, -0.05) is 41.5 Å². The molecule has 3 rings (SSSR count). The van der Waals surface area contributed by atoms with Crippen molar-refractivity contribution in [2.24, 2.45) is 40.4 Å². The van der Waals surface area contributed by atoms with Gasteiger partial charge in [0.2, 0.25) is 0 Å². The predicted molar refractivity (Wildman–Crippen MR) is 100 cm³/mol. The van der Waals surface area contributed by atoms with Crippen molar-refractivity contribution < 1.29 is 14.3 Å². The molecule has 3 fully saturated rings. The van der Waals surface area contributed by atoms with E-state index < -0.39 is 0 Å². The minimum absolute atomic E-state index is 0.177. The summed E-state index contributed by atoms with van der Waals surface area (Å²) < 4.78 is 11.8. The first-order valence-corrected chi connectivity index (χ1v) is 10.4. The van der Waals surface area contributed by atoms with Gasteiger partial charge in [0, 0.05) is 6.92 Å². The van der Waals surface area contributed by atoms with Crippen molar-refractivity contribution in [3.63, 3.8) is 0 Å². The van der Waals surface area contributed by atoms with E-state index in [0.29, 0.717) is 47.4 Å². The Morgan fingerprint density at radius 3 is 2.56 bits per heavy atom. The molecule has 0 bridgehead atoms. The van der Waals surface area contributed by atoms with Gasteiger partial charge in [-0.05, 0) is 66.1 Å². The van der Waals surface area contributed by atoms with E-state index in [0.717, 1.165) is 24.7 Å². The summed E-state index contributed by atoms with van der Waals surface area (Å²) in [6.07, 6.45) is 5.59. The fourth-order valence-corrected chi connectivity index (χ4v) is 6.91. The second-order valence-corrected chi connectivity index (χ2v) is 10.0. The molecule has 0 amide bonds. The SMILES string of the molecule is CC(=O)OC[C@H](C)CC[C@H]1O[C@H]2C[C@@]3(C)C(C)CC(C)[C@]3(C)[C@H]2[C@@H]1C. The van der Waals surface area contributed by atoms with Crippen molar-refractivity contribution in [2.75, 3.05) is 6.61 Å². The van der Waals surface area contributed by atoms with Crippen LogP contribution < -0.4 is 0 Å². The Bertz CT molecular complexity index is 517. The minimum Gasteiger partial charge on any atom is -0.466 e. The molecule has 1 heterocycles. The highest BCUT2D eigenvalue weighted by Crippen LogP contribution is 2.73. The first kappa shape index (κ1) is 19.2. The third-order valence-electron chi connectivity index (χ3n) is 8.78. The Labute approximate surface area is 154 Å². The van der Waals surface area contributed by atoms with E-state index in [4.69, 9.17) is 9.47 Å².